The van der Waals surface area contributed by atoms with Crippen molar-refractivity contribution in [1.29, 1.82) is 0 Å². The topological polar surface area (TPSA) is 69.6 Å². The molecule has 0 heterocycles. The molecule has 0 bridgehead atoms. The minimum atomic E-state index is -0.657. The predicted octanol–water partition coefficient (Wildman–Crippen LogP) is 0.743. The van der Waals surface area contributed by atoms with Gasteiger partial charge < -0.3 is 15.5 Å². The molecule has 0 aliphatic heterocycles. The molecule has 4 nitrogen and oxygen atoms in total. The van der Waals surface area contributed by atoms with Crippen molar-refractivity contribution in [2.75, 3.05) is 0 Å². The molecule has 3 N–H and O–H groups in total. The first kappa shape index (κ1) is 10.9. The lowest BCUT2D eigenvalue weighted by atomic mass is 9.83. The van der Waals surface area contributed by atoms with E-state index in [2.05, 4.69) is 5.32 Å². The summed E-state index contributed by atoms with van der Waals surface area (Å²) in [6.45, 7) is 0. The fourth-order valence-corrected chi connectivity index (χ4v) is 2.62. The van der Waals surface area contributed by atoms with E-state index in [0.29, 0.717) is 12.1 Å². The summed E-state index contributed by atoms with van der Waals surface area (Å²) in [6, 6.07) is 0.759. The van der Waals surface area contributed by atoms with Gasteiger partial charge >= 0.3 is 5.97 Å². The van der Waals surface area contributed by atoms with Gasteiger partial charge in [0, 0.05) is 12.1 Å². The van der Waals surface area contributed by atoms with Gasteiger partial charge in [0.15, 0.2) is 0 Å². The van der Waals surface area contributed by atoms with Gasteiger partial charge in [0.05, 0.1) is 12.0 Å². The highest BCUT2D eigenvalue weighted by atomic mass is 16.4. The van der Waals surface area contributed by atoms with Gasteiger partial charge in [0.2, 0.25) is 0 Å². The molecule has 0 aromatic carbocycles. The van der Waals surface area contributed by atoms with Gasteiger partial charge in [-0.15, -0.1) is 0 Å². The first-order chi connectivity index (χ1) is 7.15. The molecule has 2 saturated carbocycles. The van der Waals surface area contributed by atoms with Crippen LogP contribution in [0.15, 0.2) is 0 Å². The zero-order valence-electron chi connectivity index (χ0n) is 8.85. The number of rotatable bonds is 3. The Morgan fingerprint density at radius 2 is 1.87 bits per heavy atom. The predicted molar refractivity (Wildman–Crippen MR) is 55.5 cm³/mol. The molecule has 0 aromatic rings. The maximum absolute atomic E-state index is 10.9. The van der Waals surface area contributed by atoms with Crippen LogP contribution in [0.25, 0.3) is 0 Å². The molecule has 0 saturated heterocycles. The number of carbonyl (C=O) groups is 1. The Bertz CT molecular complexity index is 238. The lowest BCUT2D eigenvalue weighted by Crippen LogP contribution is -2.50. The summed E-state index contributed by atoms with van der Waals surface area (Å²) >= 11 is 0. The standard InChI is InChI=1S/C11H19NO3/c13-10-5-9(6-10)12-8-3-1-2-7(4-8)11(14)15/h7-10,12-13H,1-6H2,(H,14,15). The Morgan fingerprint density at radius 1 is 1.13 bits per heavy atom. The van der Waals surface area contributed by atoms with Crippen molar-refractivity contribution < 1.29 is 15.0 Å². The zero-order valence-corrected chi connectivity index (χ0v) is 8.85. The number of carboxylic acids is 1. The quantitative estimate of drug-likeness (QED) is 0.647. The van der Waals surface area contributed by atoms with E-state index in [0.717, 1.165) is 38.5 Å². The molecule has 2 unspecified atom stereocenters. The zero-order chi connectivity index (χ0) is 10.8. The molecule has 4 heteroatoms. The normalized spacial score (nSPS) is 40.9. The molecule has 0 amide bonds. The first-order valence-corrected chi connectivity index (χ1v) is 5.82. The highest BCUT2D eigenvalue weighted by molar-refractivity contribution is 5.70. The van der Waals surface area contributed by atoms with Crippen LogP contribution in [0.5, 0.6) is 0 Å². The third-order valence-electron chi connectivity index (χ3n) is 3.61. The summed E-state index contributed by atoms with van der Waals surface area (Å²) in [5.74, 6) is -0.823. The van der Waals surface area contributed by atoms with Crippen molar-refractivity contribution in [2.45, 2.75) is 56.7 Å². The maximum atomic E-state index is 10.9. The van der Waals surface area contributed by atoms with Crippen LogP contribution < -0.4 is 5.32 Å². The van der Waals surface area contributed by atoms with E-state index in [4.69, 9.17) is 10.2 Å². The van der Waals surface area contributed by atoms with Crippen LogP contribution in [-0.2, 0) is 4.79 Å². The Kier molecular flexibility index (Phi) is 3.26. The van der Waals surface area contributed by atoms with Crippen LogP contribution in [0, 0.1) is 5.92 Å². The smallest absolute Gasteiger partial charge is 0.306 e. The van der Waals surface area contributed by atoms with E-state index in [1.165, 1.54) is 0 Å². The van der Waals surface area contributed by atoms with Crippen molar-refractivity contribution in [3.05, 3.63) is 0 Å². The number of nitrogens with one attached hydrogen (secondary N) is 1. The average Bonchev–Trinajstić information content (AvgIpc) is 2.16. The van der Waals surface area contributed by atoms with E-state index in [9.17, 15) is 4.79 Å². The van der Waals surface area contributed by atoms with Crippen molar-refractivity contribution >= 4 is 5.97 Å². The SMILES string of the molecule is O=C(O)C1CCCC(NC2CC(O)C2)C1. The highest BCUT2D eigenvalue weighted by Crippen LogP contribution is 2.27. The lowest BCUT2D eigenvalue weighted by Gasteiger charge is -2.37. The van der Waals surface area contributed by atoms with E-state index >= 15 is 0 Å². The third-order valence-corrected chi connectivity index (χ3v) is 3.61. The van der Waals surface area contributed by atoms with Gasteiger partial charge in [-0.1, -0.05) is 6.42 Å². The van der Waals surface area contributed by atoms with E-state index in [1.807, 2.05) is 0 Å². The van der Waals surface area contributed by atoms with Crippen molar-refractivity contribution in [2.24, 2.45) is 5.92 Å². The van der Waals surface area contributed by atoms with Gasteiger partial charge in [-0.25, -0.2) is 0 Å². The van der Waals surface area contributed by atoms with Crippen molar-refractivity contribution in [3.8, 4) is 0 Å². The molecule has 2 aliphatic rings. The number of hydrogen-bond acceptors (Lipinski definition) is 3. The monoisotopic (exact) mass is 213 g/mol. The molecule has 2 fully saturated rings. The molecule has 2 aliphatic carbocycles. The Labute approximate surface area is 89.7 Å². The highest BCUT2D eigenvalue weighted by Gasteiger charge is 2.32. The summed E-state index contributed by atoms with van der Waals surface area (Å²) in [7, 11) is 0. The van der Waals surface area contributed by atoms with Crippen LogP contribution in [-0.4, -0.2) is 34.4 Å². The van der Waals surface area contributed by atoms with Crippen LogP contribution >= 0.6 is 0 Å². The van der Waals surface area contributed by atoms with E-state index < -0.39 is 5.97 Å². The van der Waals surface area contributed by atoms with Crippen LogP contribution in [0.1, 0.15) is 38.5 Å². The minimum Gasteiger partial charge on any atom is -0.481 e. The van der Waals surface area contributed by atoms with Gasteiger partial charge in [0.25, 0.3) is 0 Å². The number of aliphatic hydroxyl groups excluding tert-OH is 1. The maximum Gasteiger partial charge on any atom is 0.306 e. The molecular weight excluding hydrogens is 194 g/mol. The lowest BCUT2D eigenvalue weighted by molar-refractivity contribution is -0.143. The number of hydrogen-bond donors (Lipinski definition) is 3. The number of aliphatic hydroxyl groups is 1. The molecule has 0 aromatic heterocycles. The van der Waals surface area contributed by atoms with Gasteiger partial charge in [-0.2, -0.15) is 0 Å². The van der Waals surface area contributed by atoms with Gasteiger partial charge in [-0.3, -0.25) is 4.79 Å². The van der Waals surface area contributed by atoms with Crippen LogP contribution in [0.4, 0.5) is 0 Å². The second kappa shape index (κ2) is 4.49. The second-order valence-electron chi connectivity index (χ2n) is 4.89. The first-order valence-electron chi connectivity index (χ1n) is 5.82. The van der Waals surface area contributed by atoms with Crippen LogP contribution in [0.3, 0.4) is 0 Å². The Morgan fingerprint density at radius 3 is 2.47 bits per heavy atom. The molecule has 0 radical (unpaired) electrons. The summed E-state index contributed by atoms with van der Waals surface area (Å²) in [4.78, 5) is 10.9. The molecule has 15 heavy (non-hydrogen) atoms. The van der Waals surface area contributed by atoms with Gasteiger partial charge in [0.1, 0.15) is 0 Å². The molecule has 0 spiro atoms. The number of carboxylic acid groups (broad SMARTS) is 1. The van der Waals surface area contributed by atoms with E-state index in [-0.39, 0.29) is 12.0 Å². The van der Waals surface area contributed by atoms with E-state index in [1.54, 1.807) is 0 Å². The summed E-state index contributed by atoms with van der Waals surface area (Å²) in [5.41, 5.74) is 0. The van der Waals surface area contributed by atoms with Crippen LogP contribution in [0.2, 0.25) is 0 Å². The van der Waals surface area contributed by atoms with Gasteiger partial charge in [-0.05, 0) is 32.1 Å². The summed E-state index contributed by atoms with van der Waals surface area (Å²) in [5, 5.41) is 21.5. The van der Waals surface area contributed by atoms with Crippen molar-refractivity contribution in [3.63, 3.8) is 0 Å². The molecule has 2 rings (SSSR count). The minimum absolute atomic E-state index is 0.138. The molecular formula is C11H19NO3. The molecule has 2 atom stereocenters. The average molecular weight is 213 g/mol. The fraction of sp³-hybridized carbons (Fsp3) is 0.909. The Hall–Kier alpha value is -0.610. The largest absolute Gasteiger partial charge is 0.481 e. The third kappa shape index (κ3) is 2.69. The molecule has 86 valence electrons. The van der Waals surface area contributed by atoms with Crippen molar-refractivity contribution in [1.82, 2.24) is 5.32 Å². The summed E-state index contributed by atoms with van der Waals surface area (Å²) in [6.07, 6.45) is 5.17. The Balaban J connectivity index is 1.75. The summed E-state index contributed by atoms with van der Waals surface area (Å²) < 4.78 is 0. The number of aliphatic carboxylic acids is 1. The second-order valence-corrected chi connectivity index (χ2v) is 4.89. The fourth-order valence-electron chi connectivity index (χ4n) is 2.62.